The van der Waals surface area contributed by atoms with Crippen molar-refractivity contribution < 1.29 is 0 Å². The summed E-state index contributed by atoms with van der Waals surface area (Å²) in [6.45, 7) is 7.12. The fourth-order valence-electron chi connectivity index (χ4n) is 2.64. The van der Waals surface area contributed by atoms with Gasteiger partial charge in [0.15, 0.2) is 0 Å². The standard InChI is InChI=1S/C14H22Br2Si/c1-4-17(5-2,6-3)14-9-12(10-15)7-8-13(14)11-16/h7-9H,4-6,10-11H2,1-3H3. The van der Waals surface area contributed by atoms with Crippen molar-refractivity contribution in [2.24, 2.45) is 0 Å². The molecule has 0 aliphatic rings. The largest absolute Gasteiger partial charge is 0.0876 e. The topological polar surface area (TPSA) is 0 Å². The van der Waals surface area contributed by atoms with Crippen LogP contribution in [0.1, 0.15) is 31.9 Å². The van der Waals surface area contributed by atoms with Crippen LogP contribution in [0.25, 0.3) is 0 Å². The molecule has 0 aliphatic heterocycles. The van der Waals surface area contributed by atoms with Crippen molar-refractivity contribution in [2.75, 3.05) is 0 Å². The van der Waals surface area contributed by atoms with E-state index in [1.54, 1.807) is 5.19 Å². The molecule has 0 aromatic heterocycles. The zero-order valence-corrected chi connectivity index (χ0v) is 15.2. The lowest BCUT2D eigenvalue weighted by Crippen LogP contribution is -2.47. The molecule has 0 fully saturated rings. The molecular weight excluding hydrogens is 356 g/mol. The fourth-order valence-corrected chi connectivity index (χ4v) is 7.72. The maximum absolute atomic E-state index is 3.65. The van der Waals surface area contributed by atoms with Crippen LogP contribution in [0.4, 0.5) is 0 Å². The van der Waals surface area contributed by atoms with Crippen LogP contribution in [0, 0.1) is 0 Å². The summed E-state index contributed by atoms with van der Waals surface area (Å²) in [6, 6.07) is 11.1. The highest BCUT2D eigenvalue weighted by Gasteiger charge is 2.31. The Hall–Kier alpha value is 0.397. The molecule has 1 rings (SSSR count). The zero-order chi connectivity index (χ0) is 12.9. The molecule has 0 saturated carbocycles. The lowest BCUT2D eigenvalue weighted by atomic mass is 10.2. The third-order valence-electron chi connectivity index (χ3n) is 4.07. The molecule has 0 heterocycles. The molecule has 1 aromatic rings. The van der Waals surface area contributed by atoms with E-state index < -0.39 is 8.07 Å². The van der Waals surface area contributed by atoms with Gasteiger partial charge in [0.05, 0.1) is 8.07 Å². The summed E-state index contributed by atoms with van der Waals surface area (Å²) in [5.41, 5.74) is 2.92. The van der Waals surface area contributed by atoms with Crippen LogP contribution >= 0.6 is 31.9 Å². The predicted molar refractivity (Wildman–Crippen MR) is 88.5 cm³/mol. The van der Waals surface area contributed by atoms with E-state index in [-0.39, 0.29) is 0 Å². The van der Waals surface area contributed by atoms with E-state index >= 15 is 0 Å². The first-order valence-corrected chi connectivity index (χ1v) is 11.3. The molecule has 3 heteroatoms. The molecule has 0 saturated heterocycles. The Morgan fingerprint density at radius 3 is 1.94 bits per heavy atom. The summed E-state index contributed by atoms with van der Waals surface area (Å²) in [5.74, 6) is 0. The molecule has 0 atom stereocenters. The number of rotatable bonds is 6. The molecule has 0 radical (unpaired) electrons. The minimum Gasteiger partial charge on any atom is -0.0876 e. The molecule has 17 heavy (non-hydrogen) atoms. The molecular formula is C14H22Br2Si. The average Bonchev–Trinajstić information content (AvgIpc) is 2.41. The summed E-state index contributed by atoms with van der Waals surface area (Å²) in [5, 5.41) is 3.63. The van der Waals surface area contributed by atoms with Gasteiger partial charge < -0.3 is 0 Å². The van der Waals surface area contributed by atoms with Crippen LogP contribution in [0.3, 0.4) is 0 Å². The van der Waals surface area contributed by atoms with Gasteiger partial charge in [0, 0.05) is 10.7 Å². The van der Waals surface area contributed by atoms with Gasteiger partial charge in [-0.2, -0.15) is 0 Å². The predicted octanol–water partition coefficient (Wildman–Crippen LogP) is 5.19. The van der Waals surface area contributed by atoms with Crippen LogP contribution in [0.2, 0.25) is 18.1 Å². The Morgan fingerprint density at radius 1 is 0.941 bits per heavy atom. The van der Waals surface area contributed by atoms with E-state index in [2.05, 4.69) is 70.8 Å². The first-order valence-electron chi connectivity index (χ1n) is 6.41. The molecule has 96 valence electrons. The van der Waals surface area contributed by atoms with E-state index in [1.807, 2.05) is 0 Å². The van der Waals surface area contributed by atoms with Crippen molar-refractivity contribution in [3.05, 3.63) is 29.3 Å². The molecule has 0 nitrogen and oxygen atoms in total. The Labute approximate surface area is 123 Å². The molecule has 0 unspecified atom stereocenters. The van der Waals surface area contributed by atoms with Crippen molar-refractivity contribution in [1.29, 1.82) is 0 Å². The maximum atomic E-state index is 3.65. The monoisotopic (exact) mass is 376 g/mol. The minimum atomic E-state index is -1.26. The van der Waals surface area contributed by atoms with Crippen LogP contribution in [-0.4, -0.2) is 8.07 Å². The van der Waals surface area contributed by atoms with Gasteiger partial charge in [0.1, 0.15) is 0 Å². The Kier molecular flexibility index (Phi) is 6.46. The van der Waals surface area contributed by atoms with Crippen LogP contribution in [0.15, 0.2) is 18.2 Å². The highest BCUT2D eigenvalue weighted by Crippen LogP contribution is 2.24. The van der Waals surface area contributed by atoms with E-state index in [4.69, 9.17) is 0 Å². The summed E-state index contributed by atoms with van der Waals surface area (Å²) in [6.07, 6.45) is 0. The Bertz CT molecular complexity index is 351. The van der Waals surface area contributed by atoms with Gasteiger partial charge in [0.25, 0.3) is 0 Å². The third-order valence-corrected chi connectivity index (χ3v) is 11.0. The summed E-state index contributed by atoms with van der Waals surface area (Å²) in [7, 11) is -1.26. The highest BCUT2D eigenvalue weighted by atomic mass is 79.9. The van der Waals surface area contributed by atoms with Gasteiger partial charge in [-0.1, -0.05) is 94.1 Å². The number of halogens is 2. The van der Waals surface area contributed by atoms with Crippen molar-refractivity contribution >= 4 is 45.1 Å². The molecule has 1 aromatic carbocycles. The van der Waals surface area contributed by atoms with Gasteiger partial charge in [-0.05, 0) is 11.1 Å². The summed E-state index contributed by atoms with van der Waals surface area (Å²) in [4.78, 5) is 0. The normalized spacial score (nSPS) is 11.8. The van der Waals surface area contributed by atoms with Gasteiger partial charge in [-0.3, -0.25) is 0 Å². The molecule has 0 aliphatic carbocycles. The second-order valence-corrected chi connectivity index (χ2v) is 10.9. The van der Waals surface area contributed by atoms with Crippen molar-refractivity contribution in [2.45, 2.75) is 49.6 Å². The summed E-state index contributed by atoms with van der Waals surface area (Å²) >= 11 is 7.22. The van der Waals surface area contributed by atoms with Gasteiger partial charge in [0.2, 0.25) is 0 Å². The minimum absolute atomic E-state index is 0.962. The van der Waals surface area contributed by atoms with Gasteiger partial charge in [-0.25, -0.2) is 0 Å². The van der Waals surface area contributed by atoms with Crippen molar-refractivity contribution in [3.63, 3.8) is 0 Å². The Morgan fingerprint density at radius 2 is 1.53 bits per heavy atom. The van der Waals surface area contributed by atoms with Crippen molar-refractivity contribution in [3.8, 4) is 0 Å². The molecule has 0 amide bonds. The fraction of sp³-hybridized carbons (Fsp3) is 0.571. The quantitative estimate of drug-likeness (QED) is 0.472. The number of alkyl halides is 2. The second-order valence-electron chi connectivity index (χ2n) is 4.60. The smallest absolute Gasteiger partial charge is 0.0863 e. The maximum Gasteiger partial charge on any atom is 0.0863 e. The zero-order valence-electron chi connectivity index (χ0n) is 11.0. The van der Waals surface area contributed by atoms with E-state index in [0.29, 0.717) is 0 Å². The second kappa shape index (κ2) is 7.10. The lowest BCUT2D eigenvalue weighted by molar-refractivity contribution is 1.18. The SMILES string of the molecule is CC[Si](CC)(CC)c1cc(CBr)ccc1CBr. The third kappa shape index (κ3) is 3.24. The first-order chi connectivity index (χ1) is 8.17. The average molecular weight is 378 g/mol. The Balaban J connectivity index is 3.33. The van der Waals surface area contributed by atoms with Crippen molar-refractivity contribution in [1.82, 2.24) is 0 Å². The van der Waals surface area contributed by atoms with Gasteiger partial charge in [-0.15, -0.1) is 0 Å². The lowest BCUT2D eigenvalue weighted by Gasteiger charge is -2.31. The number of hydrogen-bond donors (Lipinski definition) is 0. The van der Waals surface area contributed by atoms with Crippen LogP contribution < -0.4 is 5.19 Å². The van der Waals surface area contributed by atoms with E-state index in [9.17, 15) is 0 Å². The van der Waals surface area contributed by atoms with E-state index in [0.717, 1.165) is 10.7 Å². The molecule has 0 spiro atoms. The molecule has 0 bridgehead atoms. The van der Waals surface area contributed by atoms with Gasteiger partial charge >= 0.3 is 0 Å². The molecule has 0 N–H and O–H groups in total. The number of benzene rings is 1. The first kappa shape index (κ1) is 15.5. The van der Waals surface area contributed by atoms with Crippen LogP contribution in [0.5, 0.6) is 0 Å². The highest BCUT2D eigenvalue weighted by molar-refractivity contribution is 9.08. The number of hydrogen-bond acceptors (Lipinski definition) is 0. The summed E-state index contributed by atoms with van der Waals surface area (Å²) < 4.78 is 0. The van der Waals surface area contributed by atoms with Crippen LogP contribution in [-0.2, 0) is 10.7 Å². The van der Waals surface area contributed by atoms with E-state index in [1.165, 1.54) is 29.3 Å².